The molecule has 1 aromatic carbocycles. The fourth-order valence-electron chi connectivity index (χ4n) is 1.03. The molecule has 0 fully saturated rings. The summed E-state index contributed by atoms with van der Waals surface area (Å²) in [4.78, 5) is 0. The first-order chi connectivity index (χ1) is 5.82. The number of nitrogens with zero attached hydrogens (tertiary/aromatic N) is 1. The molecule has 0 aliphatic carbocycles. The minimum atomic E-state index is -1.15. The Hall–Kier alpha value is -1.03. The van der Waals surface area contributed by atoms with Crippen LogP contribution >= 0.6 is 0 Å². The maximum absolute atomic E-state index is 13.1. The highest BCUT2D eigenvalue weighted by Crippen LogP contribution is 2.24. The monoisotopic (exact) mass is 190 g/mol. The van der Waals surface area contributed by atoms with E-state index in [-0.39, 0.29) is 10.2 Å². The molecular weight excluding hydrogens is 179 g/mol. The van der Waals surface area contributed by atoms with Crippen LogP contribution < -0.4 is 4.48 Å². The van der Waals surface area contributed by atoms with E-state index >= 15 is 0 Å². The van der Waals surface area contributed by atoms with E-state index in [1.807, 2.05) is 0 Å². The zero-order valence-electron chi connectivity index (χ0n) is 7.74. The molecular formula is C9H11F3N+. The second-order valence-electron chi connectivity index (χ2n) is 3.73. The van der Waals surface area contributed by atoms with Gasteiger partial charge in [-0.3, -0.25) is 4.48 Å². The molecule has 0 bridgehead atoms. The van der Waals surface area contributed by atoms with Crippen molar-refractivity contribution in [3.8, 4) is 0 Å². The molecule has 0 radical (unpaired) electrons. The first-order valence-corrected chi connectivity index (χ1v) is 3.79. The summed E-state index contributed by atoms with van der Waals surface area (Å²) in [6, 6.07) is 1.53. The van der Waals surface area contributed by atoms with E-state index in [1.54, 1.807) is 21.1 Å². The van der Waals surface area contributed by atoms with Crippen LogP contribution in [0.5, 0.6) is 0 Å². The van der Waals surface area contributed by atoms with Crippen molar-refractivity contribution in [3.63, 3.8) is 0 Å². The fourth-order valence-corrected chi connectivity index (χ4v) is 1.03. The number of quaternary nitrogens is 1. The van der Waals surface area contributed by atoms with Crippen molar-refractivity contribution in [2.45, 2.75) is 0 Å². The highest BCUT2D eigenvalue weighted by Gasteiger charge is 2.22. The first kappa shape index (κ1) is 10.1. The molecule has 0 amide bonds. The smallest absolute Gasteiger partial charge is 0.219 e. The van der Waals surface area contributed by atoms with Crippen molar-refractivity contribution >= 4 is 5.69 Å². The molecule has 1 aromatic rings. The predicted octanol–water partition coefficient (Wildman–Crippen LogP) is 2.30. The van der Waals surface area contributed by atoms with Crippen molar-refractivity contribution in [2.75, 3.05) is 21.1 Å². The Kier molecular flexibility index (Phi) is 2.34. The van der Waals surface area contributed by atoms with Gasteiger partial charge in [0.05, 0.1) is 21.1 Å². The van der Waals surface area contributed by atoms with E-state index in [2.05, 4.69) is 0 Å². The predicted molar refractivity (Wildman–Crippen MR) is 45.9 cm³/mol. The number of rotatable bonds is 1. The summed E-state index contributed by atoms with van der Waals surface area (Å²) >= 11 is 0. The van der Waals surface area contributed by atoms with Gasteiger partial charge in [-0.1, -0.05) is 0 Å². The van der Waals surface area contributed by atoms with Crippen LogP contribution in [0.1, 0.15) is 0 Å². The van der Waals surface area contributed by atoms with Crippen LogP contribution in [-0.2, 0) is 0 Å². The molecule has 13 heavy (non-hydrogen) atoms. The Balaban J connectivity index is 3.37. The standard InChI is InChI=1S/C9H11F3N/c1-13(2,3)8-5-6(10)4-7(11)9(8)12/h4-5H,1-3H3/q+1. The van der Waals surface area contributed by atoms with Gasteiger partial charge in [-0.2, -0.15) is 4.39 Å². The van der Waals surface area contributed by atoms with Gasteiger partial charge in [0.15, 0.2) is 11.5 Å². The third-order valence-electron chi connectivity index (χ3n) is 1.70. The van der Waals surface area contributed by atoms with Crippen LogP contribution in [0.2, 0.25) is 0 Å². The van der Waals surface area contributed by atoms with Crippen LogP contribution in [0, 0.1) is 17.5 Å². The maximum atomic E-state index is 13.1. The van der Waals surface area contributed by atoms with E-state index in [0.717, 1.165) is 6.07 Å². The summed E-state index contributed by atoms with van der Waals surface area (Å²) in [7, 11) is 4.91. The minimum absolute atomic E-state index is 0.00231. The molecule has 1 rings (SSSR count). The lowest BCUT2D eigenvalue weighted by atomic mass is 10.2. The van der Waals surface area contributed by atoms with Gasteiger partial charge in [0.1, 0.15) is 5.82 Å². The van der Waals surface area contributed by atoms with Crippen molar-refractivity contribution in [1.29, 1.82) is 0 Å². The Morgan fingerprint density at radius 1 is 1.00 bits per heavy atom. The second kappa shape index (κ2) is 3.03. The molecule has 0 heterocycles. The third-order valence-corrected chi connectivity index (χ3v) is 1.70. The van der Waals surface area contributed by atoms with Gasteiger partial charge in [0.25, 0.3) is 0 Å². The third kappa shape index (κ3) is 2.01. The van der Waals surface area contributed by atoms with Gasteiger partial charge >= 0.3 is 0 Å². The number of hydrogen-bond acceptors (Lipinski definition) is 0. The summed E-state index contributed by atoms with van der Waals surface area (Å²) in [6.45, 7) is 0. The Morgan fingerprint density at radius 3 is 2.00 bits per heavy atom. The van der Waals surface area contributed by atoms with Crippen molar-refractivity contribution in [1.82, 2.24) is 4.48 Å². The first-order valence-electron chi connectivity index (χ1n) is 3.79. The average Bonchev–Trinajstić information content (AvgIpc) is 1.94. The number of halogens is 3. The summed E-state index contributed by atoms with van der Waals surface area (Å²) in [5, 5.41) is 0. The van der Waals surface area contributed by atoms with Crippen molar-refractivity contribution in [3.05, 3.63) is 29.6 Å². The van der Waals surface area contributed by atoms with Crippen LogP contribution in [-0.4, -0.2) is 21.1 Å². The van der Waals surface area contributed by atoms with Gasteiger partial charge in [-0.05, 0) is 0 Å². The SMILES string of the molecule is C[N+](C)(C)c1cc(F)cc(F)c1F. The average molecular weight is 190 g/mol. The molecule has 0 atom stereocenters. The molecule has 0 unspecified atom stereocenters. The molecule has 0 aliphatic rings. The zero-order valence-corrected chi connectivity index (χ0v) is 7.74. The quantitative estimate of drug-likeness (QED) is 0.471. The molecule has 4 heteroatoms. The lowest BCUT2D eigenvalue weighted by Gasteiger charge is -2.23. The van der Waals surface area contributed by atoms with Crippen LogP contribution in [0.25, 0.3) is 0 Å². The van der Waals surface area contributed by atoms with Crippen LogP contribution in [0.15, 0.2) is 12.1 Å². The molecule has 0 aromatic heterocycles. The van der Waals surface area contributed by atoms with Gasteiger partial charge < -0.3 is 0 Å². The van der Waals surface area contributed by atoms with Crippen LogP contribution in [0.4, 0.5) is 18.9 Å². The summed E-state index contributed by atoms with van der Waals surface area (Å²) in [5.74, 6) is -2.90. The minimum Gasteiger partial charge on any atom is -0.296 e. The summed E-state index contributed by atoms with van der Waals surface area (Å²) < 4.78 is 38.6. The highest BCUT2D eigenvalue weighted by atomic mass is 19.2. The van der Waals surface area contributed by atoms with Gasteiger partial charge in [0, 0.05) is 12.1 Å². The number of benzene rings is 1. The lowest BCUT2D eigenvalue weighted by Crippen LogP contribution is -2.36. The Morgan fingerprint density at radius 2 is 1.54 bits per heavy atom. The highest BCUT2D eigenvalue weighted by molar-refractivity contribution is 5.43. The van der Waals surface area contributed by atoms with E-state index in [1.165, 1.54) is 0 Å². The molecule has 72 valence electrons. The molecule has 0 aliphatic heterocycles. The molecule has 0 N–H and O–H groups in total. The van der Waals surface area contributed by atoms with Crippen LogP contribution in [0.3, 0.4) is 0 Å². The lowest BCUT2D eigenvalue weighted by molar-refractivity contribution is 0.426. The topological polar surface area (TPSA) is 0 Å². The molecule has 0 saturated carbocycles. The second-order valence-corrected chi connectivity index (χ2v) is 3.73. The maximum Gasteiger partial charge on any atom is 0.219 e. The summed E-state index contributed by atoms with van der Waals surface area (Å²) in [6.07, 6.45) is 0. The molecule has 0 spiro atoms. The number of hydrogen-bond donors (Lipinski definition) is 0. The van der Waals surface area contributed by atoms with Crippen molar-refractivity contribution < 1.29 is 13.2 Å². The van der Waals surface area contributed by atoms with Crippen molar-refractivity contribution in [2.24, 2.45) is 0 Å². The van der Waals surface area contributed by atoms with E-state index < -0.39 is 17.5 Å². The van der Waals surface area contributed by atoms with Gasteiger partial charge in [0.2, 0.25) is 5.82 Å². The Labute approximate surface area is 75.0 Å². The van der Waals surface area contributed by atoms with Gasteiger partial charge in [-0.15, -0.1) is 0 Å². The zero-order chi connectivity index (χ0) is 10.2. The largest absolute Gasteiger partial charge is 0.296 e. The van der Waals surface area contributed by atoms with E-state index in [4.69, 9.17) is 0 Å². The molecule has 0 saturated heterocycles. The van der Waals surface area contributed by atoms with E-state index in [0.29, 0.717) is 6.07 Å². The summed E-state index contributed by atoms with van der Waals surface area (Å²) in [5.41, 5.74) is -0.00231. The van der Waals surface area contributed by atoms with E-state index in [9.17, 15) is 13.2 Å². The fraction of sp³-hybridized carbons (Fsp3) is 0.333. The van der Waals surface area contributed by atoms with Gasteiger partial charge in [-0.25, -0.2) is 8.78 Å². The Bertz CT molecular complexity index is 328. The molecule has 1 nitrogen and oxygen atoms in total. The normalized spacial score (nSPS) is 11.8.